The van der Waals surface area contributed by atoms with Crippen molar-refractivity contribution in [2.24, 2.45) is 5.73 Å². The number of fused-ring (bicyclic) bond motifs is 1. The second-order valence-corrected chi connectivity index (χ2v) is 5.21. The van der Waals surface area contributed by atoms with Crippen LogP contribution < -0.4 is 11.1 Å². The van der Waals surface area contributed by atoms with Gasteiger partial charge in [-0.1, -0.05) is 0 Å². The molecule has 2 aromatic heterocycles. The minimum atomic E-state index is -1.25. The van der Waals surface area contributed by atoms with Crippen molar-refractivity contribution in [3.63, 3.8) is 0 Å². The van der Waals surface area contributed by atoms with Crippen LogP contribution in [0.5, 0.6) is 0 Å². The van der Waals surface area contributed by atoms with E-state index in [1.165, 1.54) is 10.7 Å². The Morgan fingerprint density at radius 2 is 2.08 bits per heavy atom. The summed E-state index contributed by atoms with van der Waals surface area (Å²) in [5, 5.41) is 14.4. The first-order valence-corrected chi connectivity index (χ1v) is 6.96. The van der Waals surface area contributed by atoms with E-state index in [-0.39, 0.29) is 11.4 Å². The number of halogens is 3. The molecule has 0 radical (unpaired) electrons. The summed E-state index contributed by atoms with van der Waals surface area (Å²) in [6.07, 6.45) is 2.98. The van der Waals surface area contributed by atoms with Gasteiger partial charge in [0.25, 0.3) is 0 Å². The van der Waals surface area contributed by atoms with Crippen LogP contribution >= 0.6 is 0 Å². The Hall–Kier alpha value is -3.10. The van der Waals surface area contributed by atoms with Gasteiger partial charge in [-0.2, -0.15) is 5.10 Å². The number of nitrogens with one attached hydrogen (secondary N) is 2. The Labute approximate surface area is 134 Å². The quantitative estimate of drug-likeness (QED) is 0.388. The maximum Gasteiger partial charge on any atom is 0.168 e. The summed E-state index contributed by atoms with van der Waals surface area (Å²) in [5.41, 5.74) is 5.98. The number of hydrogen-bond donors (Lipinski definition) is 3. The molecule has 0 unspecified atom stereocenters. The third kappa shape index (κ3) is 2.75. The Balaban J connectivity index is 1.95. The summed E-state index contributed by atoms with van der Waals surface area (Å²) in [6, 6.07) is 2.23. The first-order valence-electron chi connectivity index (χ1n) is 6.96. The van der Waals surface area contributed by atoms with Gasteiger partial charge in [0.2, 0.25) is 0 Å². The van der Waals surface area contributed by atoms with E-state index in [4.69, 9.17) is 11.1 Å². The van der Waals surface area contributed by atoms with E-state index in [1.807, 2.05) is 0 Å². The lowest BCUT2D eigenvalue weighted by Crippen LogP contribution is -2.13. The molecule has 0 aliphatic rings. The smallest absolute Gasteiger partial charge is 0.168 e. The summed E-state index contributed by atoms with van der Waals surface area (Å²) in [7, 11) is 0. The maximum absolute atomic E-state index is 13.8. The highest BCUT2D eigenvalue weighted by molar-refractivity contribution is 6.00. The Morgan fingerprint density at radius 3 is 2.79 bits per heavy atom. The minimum Gasteiger partial charge on any atom is -0.384 e. The third-order valence-electron chi connectivity index (χ3n) is 3.51. The molecular formula is C15H13F3N6. The molecule has 24 heavy (non-hydrogen) atoms. The topological polar surface area (TPSA) is 92.1 Å². The van der Waals surface area contributed by atoms with E-state index < -0.39 is 23.5 Å². The highest BCUT2D eigenvalue weighted by Crippen LogP contribution is 2.24. The normalized spacial score (nSPS) is 12.3. The van der Waals surface area contributed by atoms with Crippen molar-refractivity contribution in [3.05, 3.63) is 59.2 Å². The fourth-order valence-electron chi connectivity index (χ4n) is 2.33. The monoisotopic (exact) mass is 334 g/mol. The first-order chi connectivity index (χ1) is 11.4. The van der Waals surface area contributed by atoms with Crippen LogP contribution in [0.2, 0.25) is 0 Å². The summed E-state index contributed by atoms with van der Waals surface area (Å²) >= 11 is 0. The summed E-state index contributed by atoms with van der Waals surface area (Å²) in [5.74, 6) is -3.11. The largest absolute Gasteiger partial charge is 0.384 e. The molecule has 3 rings (SSSR count). The van der Waals surface area contributed by atoms with Crippen LogP contribution in [-0.4, -0.2) is 20.4 Å². The second-order valence-electron chi connectivity index (χ2n) is 5.21. The van der Waals surface area contributed by atoms with Crippen molar-refractivity contribution in [2.75, 3.05) is 5.32 Å². The zero-order valence-corrected chi connectivity index (χ0v) is 12.5. The van der Waals surface area contributed by atoms with Gasteiger partial charge in [0.1, 0.15) is 17.5 Å². The number of hydrogen-bond acceptors (Lipinski definition) is 4. The summed E-state index contributed by atoms with van der Waals surface area (Å²) in [4.78, 5) is 4.25. The molecule has 0 bridgehead atoms. The number of nitrogens with two attached hydrogens (primary N) is 1. The minimum absolute atomic E-state index is 0.158. The third-order valence-corrected chi connectivity index (χ3v) is 3.51. The van der Waals surface area contributed by atoms with E-state index in [1.54, 1.807) is 19.2 Å². The van der Waals surface area contributed by atoms with Crippen molar-refractivity contribution in [3.8, 4) is 0 Å². The molecule has 1 aromatic carbocycles. The second kappa shape index (κ2) is 5.84. The molecule has 0 amide bonds. The van der Waals surface area contributed by atoms with Crippen molar-refractivity contribution in [1.82, 2.24) is 14.6 Å². The van der Waals surface area contributed by atoms with Gasteiger partial charge in [-0.25, -0.2) is 22.7 Å². The van der Waals surface area contributed by atoms with Crippen LogP contribution in [0.15, 0.2) is 30.6 Å². The van der Waals surface area contributed by atoms with Crippen LogP contribution in [0.1, 0.15) is 24.1 Å². The van der Waals surface area contributed by atoms with Gasteiger partial charge >= 0.3 is 0 Å². The van der Waals surface area contributed by atoms with E-state index in [0.29, 0.717) is 23.1 Å². The van der Waals surface area contributed by atoms with E-state index >= 15 is 0 Å². The van der Waals surface area contributed by atoms with Gasteiger partial charge in [-0.15, -0.1) is 0 Å². The molecule has 4 N–H and O–H groups in total. The van der Waals surface area contributed by atoms with Crippen molar-refractivity contribution >= 4 is 17.3 Å². The summed E-state index contributed by atoms with van der Waals surface area (Å²) < 4.78 is 41.9. The molecule has 2 heterocycles. The molecule has 6 nitrogen and oxygen atoms in total. The average molecular weight is 334 g/mol. The Bertz CT molecular complexity index is 936. The lowest BCUT2D eigenvalue weighted by atomic mass is 10.1. The van der Waals surface area contributed by atoms with Crippen LogP contribution in [0.25, 0.3) is 5.65 Å². The molecule has 0 fully saturated rings. The highest BCUT2D eigenvalue weighted by Gasteiger charge is 2.17. The number of rotatable bonds is 4. The van der Waals surface area contributed by atoms with Crippen LogP contribution in [0.4, 0.5) is 19.0 Å². The molecule has 9 heteroatoms. The zero-order valence-electron chi connectivity index (χ0n) is 12.5. The molecule has 0 aliphatic heterocycles. The average Bonchev–Trinajstić information content (AvgIpc) is 2.94. The van der Waals surface area contributed by atoms with Gasteiger partial charge < -0.3 is 11.1 Å². The van der Waals surface area contributed by atoms with Gasteiger partial charge in [0, 0.05) is 17.8 Å². The van der Waals surface area contributed by atoms with Crippen molar-refractivity contribution in [1.29, 1.82) is 5.41 Å². The molecule has 0 spiro atoms. The molecule has 0 saturated carbocycles. The maximum atomic E-state index is 13.8. The number of aromatic nitrogens is 3. The van der Waals surface area contributed by atoms with E-state index in [0.717, 1.165) is 6.07 Å². The number of amidine groups is 1. The van der Waals surface area contributed by atoms with Gasteiger partial charge in [-0.05, 0) is 19.1 Å². The molecule has 0 aliphatic carbocycles. The fourth-order valence-corrected chi connectivity index (χ4v) is 2.33. The predicted molar refractivity (Wildman–Crippen MR) is 82.4 cm³/mol. The molecule has 1 atom stereocenters. The molecule has 124 valence electrons. The number of benzene rings is 1. The van der Waals surface area contributed by atoms with E-state index in [2.05, 4.69) is 15.4 Å². The SMILES string of the molecule is C[C@@H](Nc1ccn2ncc(C(=N)N)c2n1)c1cc(F)cc(F)c1F. The fraction of sp³-hybridized carbons (Fsp3) is 0.133. The van der Waals surface area contributed by atoms with Gasteiger partial charge in [0.15, 0.2) is 17.3 Å². The van der Waals surface area contributed by atoms with Gasteiger partial charge in [0.05, 0.1) is 17.8 Å². The number of anilines is 1. The van der Waals surface area contributed by atoms with Crippen molar-refractivity contribution in [2.45, 2.75) is 13.0 Å². The first kappa shape index (κ1) is 15.8. The van der Waals surface area contributed by atoms with Crippen LogP contribution in [-0.2, 0) is 0 Å². The number of nitrogen functional groups attached to an aromatic ring is 1. The van der Waals surface area contributed by atoms with Crippen molar-refractivity contribution < 1.29 is 13.2 Å². The lowest BCUT2D eigenvalue weighted by molar-refractivity contribution is 0.480. The molecular weight excluding hydrogens is 321 g/mol. The lowest BCUT2D eigenvalue weighted by Gasteiger charge is -2.16. The predicted octanol–water partition coefficient (Wildman–Crippen LogP) is 2.60. The standard InChI is InChI=1S/C15H13F3N6/c1-7(9-4-8(16)5-11(17)13(9)18)22-12-2-3-24-15(23-12)10(6-21-24)14(19)20/h2-7H,1H3,(H3,19,20)(H,22,23)/t7-/m1/s1. The highest BCUT2D eigenvalue weighted by atomic mass is 19.2. The van der Waals surface area contributed by atoms with Crippen LogP contribution in [0, 0.1) is 22.9 Å². The van der Waals surface area contributed by atoms with Crippen LogP contribution in [0.3, 0.4) is 0 Å². The van der Waals surface area contributed by atoms with E-state index in [9.17, 15) is 13.2 Å². The zero-order chi connectivity index (χ0) is 17.4. The Kier molecular flexibility index (Phi) is 3.84. The molecule has 3 aromatic rings. The molecule has 0 saturated heterocycles. The Morgan fingerprint density at radius 1 is 1.33 bits per heavy atom. The van der Waals surface area contributed by atoms with Gasteiger partial charge in [-0.3, -0.25) is 5.41 Å². The number of nitrogens with zero attached hydrogens (tertiary/aromatic N) is 3. The summed E-state index contributed by atoms with van der Waals surface area (Å²) in [6.45, 7) is 1.55.